The SMILES string of the molecule is CC(C)c1nn(-c2ccco2)c(-c2ccc(F)cc2)c1/C=C/[C@@H]1C[C@@H](O)CC(=O)O1. The van der Waals surface area contributed by atoms with Crippen molar-refractivity contribution < 1.29 is 23.4 Å². The summed E-state index contributed by atoms with van der Waals surface area (Å²) in [7, 11) is 0. The third kappa shape index (κ3) is 4.07. The minimum absolute atomic E-state index is 0.0127. The molecule has 1 aliphatic heterocycles. The minimum Gasteiger partial charge on any atom is -0.458 e. The average molecular weight is 410 g/mol. The van der Waals surface area contributed by atoms with E-state index in [-0.39, 0.29) is 18.2 Å². The smallest absolute Gasteiger partial charge is 0.309 e. The molecular formula is C23H23FN2O4. The molecule has 3 heterocycles. The summed E-state index contributed by atoms with van der Waals surface area (Å²) in [6.07, 6.45) is 4.32. The van der Waals surface area contributed by atoms with Gasteiger partial charge in [0.05, 0.1) is 30.2 Å². The first kappa shape index (κ1) is 20.1. The van der Waals surface area contributed by atoms with Crippen LogP contribution >= 0.6 is 0 Å². The van der Waals surface area contributed by atoms with Gasteiger partial charge in [-0.05, 0) is 42.3 Å². The maximum atomic E-state index is 13.5. The van der Waals surface area contributed by atoms with Crippen LogP contribution in [0.3, 0.4) is 0 Å². The predicted molar refractivity (Wildman–Crippen MR) is 109 cm³/mol. The number of hydrogen-bond donors (Lipinski definition) is 1. The maximum absolute atomic E-state index is 13.5. The lowest BCUT2D eigenvalue weighted by molar-refractivity contribution is -0.156. The van der Waals surface area contributed by atoms with Crippen LogP contribution in [0.25, 0.3) is 23.2 Å². The maximum Gasteiger partial charge on any atom is 0.309 e. The number of ether oxygens (including phenoxy) is 1. The molecule has 0 spiro atoms. The van der Waals surface area contributed by atoms with Crippen molar-refractivity contribution in [1.82, 2.24) is 9.78 Å². The number of furan rings is 1. The van der Waals surface area contributed by atoms with Crippen LogP contribution in [-0.2, 0) is 9.53 Å². The van der Waals surface area contributed by atoms with Gasteiger partial charge in [0.15, 0.2) is 0 Å². The predicted octanol–water partition coefficient (Wildman–Crippen LogP) is 4.47. The van der Waals surface area contributed by atoms with Gasteiger partial charge in [0.2, 0.25) is 5.88 Å². The molecule has 30 heavy (non-hydrogen) atoms. The first-order valence-electron chi connectivity index (χ1n) is 9.91. The van der Waals surface area contributed by atoms with E-state index < -0.39 is 18.2 Å². The highest BCUT2D eigenvalue weighted by Crippen LogP contribution is 2.34. The highest BCUT2D eigenvalue weighted by Gasteiger charge is 2.26. The lowest BCUT2D eigenvalue weighted by Gasteiger charge is -2.23. The number of halogens is 1. The van der Waals surface area contributed by atoms with Gasteiger partial charge in [-0.1, -0.05) is 19.9 Å². The second-order valence-electron chi connectivity index (χ2n) is 7.65. The molecule has 1 fully saturated rings. The summed E-state index contributed by atoms with van der Waals surface area (Å²) in [5, 5.41) is 14.6. The Kier molecular flexibility index (Phi) is 5.55. The molecule has 0 saturated carbocycles. The van der Waals surface area contributed by atoms with Crippen LogP contribution in [-0.4, -0.2) is 33.1 Å². The van der Waals surface area contributed by atoms with Crippen LogP contribution in [0.4, 0.5) is 4.39 Å². The molecular weight excluding hydrogens is 387 g/mol. The number of aliphatic hydroxyl groups excluding tert-OH is 1. The van der Waals surface area contributed by atoms with Crippen molar-refractivity contribution in [2.24, 2.45) is 0 Å². The van der Waals surface area contributed by atoms with Gasteiger partial charge in [0.25, 0.3) is 0 Å². The van der Waals surface area contributed by atoms with Crippen molar-refractivity contribution in [1.29, 1.82) is 0 Å². The van der Waals surface area contributed by atoms with Crippen molar-refractivity contribution in [2.45, 2.75) is 44.8 Å². The molecule has 1 aliphatic rings. The number of carbonyl (C=O) groups excluding carboxylic acids is 1. The standard InChI is InChI=1S/C23H23FN2O4/c1-14(2)22-19(10-9-18-12-17(27)13-21(28)30-18)23(15-5-7-16(24)8-6-15)26(25-22)20-4-3-11-29-20/h3-11,14,17-18,27H,12-13H2,1-2H3/b10-9+/t17-,18-/m1/s1. The number of cyclic esters (lactones) is 1. The molecule has 3 aromatic rings. The van der Waals surface area contributed by atoms with E-state index in [0.717, 1.165) is 22.5 Å². The number of aromatic nitrogens is 2. The minimum atomic E-state index is -0.715. The van der Waals surface area contributed by atoms with Gasteiger partial charge < -0.3 is 14.3 Å². The Bertz CT molecular complexity index is 1050. The molecule has 4 rings (SSSR count). The largest absolute Gasteiger partial charge is 0.458 e. The first-order valence-corrected chi connectivity index (χ1v) is 9.91. The van der Waals surface area contributed by atoms with Gasteiger partial charge in [-0.2, -0.15) is 9.78 Å². The van der Waals surface area contributed by atoms with Crippen molar-refractivity contribution in [3.8, 4) is 17.1 Å². The summed E-state index contributed by atoms with van der Waals surface area (Å²) in [5.41, 5.74) is 3.16. The molecule has 7 heteroatoms. The fraction of sp³-hybridized carbons (Fsp3) is 0.304. The highest BCUT2D eigenvalue weighted by molar-refractivity contribution is 5.76. The van der Waals surface area contributed by atoms with Crippen LogP contribution in [0.5, 0.6) is 0 Å². The van der Waals surface area contributed by atoms with Gasteiger partial charge in [0, 0.05) is 23.6 Å². The molecule has 0 radical (unpaired) electrons. The number of aliphatic hydroxyl groups is 1. The van der Waals surface area contributed by atoms with E-state index >= 15 is 0 Å². The normalized spacial score (nSPS) is 19.6. The highest BCUT2D eigenvalue weighted by atomic mass is 19.1. The fourth-order valence-electron chi connectivity index (χ4n) is 3.60. The zero-order valence-electron chi connectivity index (χ0n) is 16.8. The Balaban J connectivity index is 1.84. The molecule has 1 N–H and O–H groups in total. The van der Waals surface area contributed by atoms with Gasteiger partial charge in [-0.3, -0.25) is 4.79 Å². The molecule has 156 valence electrons. The van der Waals surface area contributed by atoms with Crippen molar-refractivity contribution in [3.63, 3.8) is 0 Å². The summed E-state index contributed by atoms with van der Waals surface area (Å²) in [6, 6.07) is 9.76. The summed E-state index contributed by atoms with van der Waals surface area (Å²) in [4.78, 5) is 11.7. The van der Waals surface area contributed by atoms with Crippen molar-refractivity contribution >= 4 is 12.0 Å². The summed E-state index contributed by atoms with van der Waals surface area (Å²) in [5.74, 6) is -0.112. The van der Waals surface area contributed by atoms with Crippen LogP contribution in [0.15, 0.2) is 53.2 Å². The molecule has 1 saturated heterocycles. The molecule has 6 nitrogen and oxygen atoms in total. The number of rotatable bonds is 5. The number of nitrogens with zero attached hydrogens (tertiary/aromatic N) is 2. The van der Waals surface area contributed by atoms with Crippen LogP contribution in [0.2, 0.25) is 0 Å². The summed E-state index contributed by atoms with van der Waals surface area (Å²) in [6.45, 7) is 4.07. The molecule has 0 amide bonds. The Morgan fingerprint density at radius 1 is 1.27 bits per heavy atom. The van der Waals surface area contributed by atoms with Crippen molar-refractivity contribution in [2.75, 3.05) is 0 Å². The van der Waals surface area contributed by atoms with E-state index in [1.807, 2.05) is 19.9 Å². The Morgan fingerprint density at radius 2 is 2.03 bits per heavy atom. The Hall–Kier alpha value is -3.19. The quantitative estimate of drug-likeness (QED) is 0.628. The molecule has 0 unspecified atom stereocenters. The molecule has 0 bridgehead atoms. The van der Waals surface area contributed by atoms with Gasteiger partial charge in [0.1, 0.15) is 11.9 Å². The Morgan fingerprint density at radius 3 is 2.67 bits per heavy atom. The van der Waals surface area contributed by atoms with E-state index in [4.69, 9.17) is 14.3 Å². The summed E-state index contributed by atoms with van der Waals surface area (Å²) >= 11 is 0. The third-order valence-electron chi connectivity index (χ3n) is 5.00. The molecule has 1 aromatic carbocycles. The number of esters is 1. The fourth-order valence-corrected chi connectivity index (χ4v) is 3.60. The summed E-state index contributed by atoms with van der Waals surface area (Å²) < 4.78 is 26.2. The van der Waals surface area contributed by atoms with E-state index in [9.17, 15) is 14.3 Å². The lowest BCUT2D eigenvalue weighted by Crippen LogP contribution is -2.31. The average Bonchev–Trinajstić information content (AvgIpc) is 3.34. The van der Waals surface area contributed by atoms with E-state index in [0.29, 0.717) is 12.3 Å². The first-order chi connectivity index (χ1) is 14.4. The van der Waals surface area contributed by atoms with E-state index in [1.54, 1.807) is 41.3 Å². The van der Waals surface area contributed by atoms with Gasteiger partial charge >= 0.3 is 5.97 Å². The van der Waals surface area contributed by atoms with E-state index in [2.05, 4.69) is 0 Å². The zero-order chi connectivity index (χ0) is 21.3. The van der Waals surface area contributed by atoms with Crippen LogP contribution in [0, 0.1) is 5.82 Å². The van der Waals surface area contributed by atoms with Gasteiger partial charge in [-0.25, -0.2) is 4.39 Å². The lowest BCUT2D eigenvalue weighted by atomic mass is 9.98. The number of carbonyl (C=O) groups is 1. The van der Waals surface area contributed by atoms with Crippen LogP contribution in [0.1, 0.15) is 43.9 Å². The zero-order valence-corrected chi connectivity index (χ0v) is 16.8. The molecule has 0 aliphatic carbocycles. The Labute approximate surface area is 173 Å². The topological polar surface area (TPSA) is 77.5 Å². The molecule has 2 atom stereocenters. The number of hydrogen-bond acceptors (Lipinski definition) is 5. The second-order valence-corrected chi connectivity index (χ2v) is 7.65. The van der Waals surface area contributed by atoms with E-state index in [1.165, 1.54) is 12.1 Å². The van der Waals surface area contributed by atoms with Crippen molar-refractivity contribution in [3.05, 3.63) is 65.8 Å². The van der Waals surface area contributed by atoms with Crippen LogP contribution < -0.4 is 0 Å². The van der Waals surface area contributed by atoms with Gasteiger partial charge in [-0.15, -0.1) is 0 Å². The third-order valence-corrected chi connectivity index (χ3v) is 5.00. The second kappa shape index (κ2) is 8.28. The monoisotopic (exact) mass is 410 g/mol. The molecule has 2 aromatic heterocycles. The number of benzene rings is 1.